The van der Waals surface area contributed by atoms with E-state index >= 15 is 0 Å². The molecule has 2 rings (SSSR count). The van der Waals surface area contributed by atoms with Crippen LogP contribution in [-0.2, 0) is 11.0 Å². The summed E-state index contributed by atoms with van der Waals surface area (Å²) < 4.78 is 37.7. The lowest BCUT2D eigenvalue weighted by Gasteiger charge is -2.25. The lowest BCUT2D eigenvalue weighted by atomic mass is 10.2. The Hall–Kier alpha value is -1.21. The number of carbonyl (C=O) groups excluding carboxylic acids is 1. The third-order valence-corrected chi connectivity index (χ3v) is 3.89. The SMILES string of the molecule is O=C(CN1CCSCC1)Nc1cccc(C(F)(F)F)c1. The average Bonchev–Trinajstić information content (AvgIpc) is 2.39. The topological polar surface area (TPSA) is 32.3 Å². The van der Waals surface area contributed by atoms with Crippen LogP contribution in [0.4, 0.5) is 18.9 Å². The summed E-state index contributed by atoms with van der Waals surface area (Å²) in [6, 6.07) is 4.68. The van der Waals surface area contributed by atoms with E-state index in [1.165, 1.54) is 12.1 Å². The zero-order valence-corrected chi connectivity index (χ0v) is 11.6. The number of nitrogens with one attached hydrogen (secondary N) is 1. The van der Waals surface area contributed by atoms with Crippen molar-refractivity contribution in [3.8, 4) is 0 Å². The van der Waals surface area contributed by atoms with Crippen LogP contribution >= 0.6 is 11.8 Å². The molecule has 0 bridgehead atoms. The first kappa shape index (κ1) is 15.2. The maximum absolute atomic E-state index is 12.6. The second-order valence-corrected chi connectivity index (χ2v) is 5.74. The van der Waals surface area contributed by atoms with Gasteiger partial charge >= 0.3 is 6.18 Å². The Kier molecular flexibility index (Phi) is 4.93. The first-order valence-electron chi connectivity index (χ1n) is 6.22. The molecule has 0 saturated carbocycles. The van der Waals surface area contributed by atoms with Crippen molar-refractivity contribution in [1.29, 1.82) is 0 Å². The van der Waals surface area contributed by atoms with Crippen LogP contribution in [0.3, 0.4) is 0 Å². The van der Waals surface area contributed by atoms with Crippen LogP contribution in [0.1, 0.15) is 5.56 Å². The summed E-state index contributed by atoms with van der Waals surface area (Å²) in [4.78, 5) is 13.8. The number of hydrogen-bond donors (Lipinski definition) is 1. The summed E-state index contributed by atoms with van der Waals surface area (Å²) in [6.45, 7) is 1.89. The summed E-state index contributed by atoms with van der Waals surface area (Å²) in [7, 11) is 0. The molecule has 0 atom stereocenters. The molecule has 20 heavy (non-hydrogen) atoms. The largest absolute Gasteiger partial charge is 0.416 e. The van der Waals surface area contributed by atoms with Crippen LogP contribution < -0.4 is 5.32 Å². The summed E-state index contributed by atoms with van der Waals surface area (Å²) in [5.74, 6) is 1.68. The van der Waals surface area contributed by atoms with E-state index in [2.05, 4.69) is 5.32 Å². The monoisotopic (exact) mass is 304 g/mol. The van der Waals surface area contributed by atoms with Crippen LogP contribution in [-0.4, -0.2) is 41.9 Å². The van der Waals surface area contributed by atoms with Gasteiger partial charge in [-0.15, -0.1) is 0 Å². The van der Waals surface area contributed by atoms with Crippen LogP contribution in [0.25, 0.3) is 0 Å². The van der Waals surface area contributed by atoms with Crippen molar-refractivity contribution in [2.75, 3.05) is 36.5 Å². The van der Waals surface area contributed by atoms with Crippen molar-refractivity contribution in [2.45, 2.75) is 6.18 Å². The summed E-state index contributed by atoms with van der Waals surface area (Å²) in [5, 5.41) is 2.51. The summed E-state index contributed by atoms with van der Waals surface area (Å²) in [6.07, 6.45) is -4.40. The van der Waals surface area contributed by atoms with Gasteiger partial charge in [0.15, 0.2) is 0 Å². The van der Waals surface area contributed by atoms with Gasteiger partial charge in [0.25, 0.3) is 0 Å². The van der Waals surface area contributed by atoms with E-state index in [1.54, 1.807) is 0 Å². The van der Waals surface area contributed by atoms with Crippen molar-refractivity contribution in [2.24, 2.45) is 0 Å². The molecule has 110 valence electrons. The van der Waals surface area contributed by atoms with E-state index in [0.29, 0.717) is 0 Å². The van der Waals surface area contributed by atoms with Gasteiger partial charge < -0.3 is 5.32 Å². The Balaban J connectivity index is 1.93. The average molecular weight is 304 g/mol. The molecule has 0 aliphatic carbocycles. The highest BCUT2D eigenvalue weighted by atomic mass is 32.2. The minimum atomic E-state index is -4.40. The van der Waals surface area contributed by atoms with Crippen molar-refractivity contribution in [3.63, 3.8) is 0 Å². The lowest BCUT2D eigenvalue weighted by molar-refractivity contribution is -0.137. The molecule has 0 unspecified atom stereocenters. The Morgan fingerprint density at radius 1 is 1.30 bits per heavy atom. The molecule has 1 heterocycles. The quantitative estimate of drug-likeness (QED) is 0.932. The highest BCUT2D eigenvalue weighted by Gasteiger charge is 2.30. The van der Waals surface area contributed by atoms with E-state index in [9.17, 15) is 18.0 Å². The molecule has 1 aromatic rings. The zero-order chi connectivity index (χ0) is 14.6. The molecule has 1 fully saturated rings. The van der Waals surface area contributed by atoms with Gasteiger partial charge in [0.2, 0.25) is 5.91 Å². The molecule has 1 aliphatic rings. The van der Waals surface area contributed by atoms with Crippen LogP contribution in [0.5, 0.6) is 0 Å². The number of benzene rings is 1. The molecular formula is C13H15F3N2OS. The van der Waals surface area contributed by atoms with Crippen molar-refractivity contribution >= 4 is 23.4 Å². The van der Waals surface area contributed by atoms with Gasteiger partial charge in [-0.1, -0.05) is 6.07 Å². The number of hydrogen-bond acceptors (Lipinski definition) is 3. The number of nitrogens with zero attached hydrogens (tertiary/aromatic N) is 1. The number of anilines is 1. The summed E-state index contributed by atoms with van der Waals surface area (Å²) in [5.41, 5.74) is -0.583. The maximum Gasteiger partial charge on any atom is 0.416 e. The maximum atomic E-state index is 12.6. The lowest BCUT2D eigenvalue weighted by Crippen LogP contribution is -2.38. The molecule has 1 saturated heterocycles. The molecule has 0 spiro atoms. The molecule has 0 aromatic heterocycles. The molecule has 0 radical (unpaired) electrons. The highest BCUT2D eigenvalue weighted by Crippen LogP contribution is 2.30. The first-order chi connectivity index (χ1) is 9.45. The van der Waals surface area contributed by atoms with Crippen LogP contribution in [0, 0.1) is 0 Å². The number of halogens is 3. The zero-order valence-electron chi connectivity index (χ0n) is 10.7. The van der Waals surface area contributed by atoms with Crippen LogP contribution in [0.2, 0.25) is 0 Å². The fourth-order valence-electron chi connectivity index (χ4n) is 1.94. The van der Waals surface area contributed by atoms with Gasteiger partial charge in [0.05, 0.1) is 12.1 Å². The minimum absolute atomic E-state index is 0.177. The standard InChI is InChI=1S/C13H15F3N2OS/c14-13(15,16)10-2-1-3-11(8-10)17-12(19)9-18-4-6-20-7-5-18/h1-3,8H,4-7,9H2,(H,17,19). The molecule has 1 N–H and O–H groups in total. The van der Waals surface area contributed by atoms with Gasteiger partial charge in [-0.05, 0) is 18.2 Å². The molecule has 1 aliphatic heterocycles. The van der Waals surface area contributed by atoms with Crippen molar-refractivity contribution in [3.05, 3.63) is 29.8 Å². The second kappa shape index (κ2) is 6.49. The van der Waals surface area contributed by atoms with Crippen molar-refractivity contribution in [1.82, 2.24) is 4.90 Å². The molecular weight excluding hydrogens is 289 g/mol. The van der Waals surface area contributed by atoms with Crippen molar-refractivity contribution < 1.29 is 18.0 Å². The second-order valence-electron chi connectivity index (χ2n) is 4.52. The van der Waals surface area contributed by atoms with E-state index in [4.69, 9.17) is 0 Å². The number of amides is 1. The Morgan fingerprint density at radius 2 is 2.00 bits per heavy atom. The van der Waals surface area contributed by atoms with Crippen LogP contribution in [0.15, 0.2) is 24.3 Å². The Morgan fingerprint density at radius 3 is 2.65 bits per heavy atom. The Bertz CT molecular complexity index is 473. The summed E-state index contributed by atoms with van der Waals surface area (Å²) >= 11 is 1.84. The van der Waals surface area contributed by atoms with E-state index in [0.717, 1.165) is 36.7 Å². The fourth-order valence-corrected chi connectivity index (χ4v) is 2.91. The third kappa shape index (κ3) is 4.42. The fraction of sp³-hybridized carbons (Fsp3) is 0.462. The number of rotatable bonds is 3. The van der Waals surface area contributed by atoms with E-state index in [1.807, 2.05) is 16.7 Å². The Labute approximate surface area is 119 Å². The predicted octanol–water partition coefficient (Wildman–Crippen LogP) is 2.69. The van der Waals surface area contributed by atoms with Gasteiger partial charge in [0, 0.05) is 30.3 Å². The predicted molar refractivity (Wildman–Crippen MR) is 73.8 cm³/mol. The minimum Gasteiger partial charge on any atom is -0.325 e. The van der Waals surface area contributed by atoms with Gasteiger partial charge in [-0.25, -0.2) is 0 Å². The number of carbonyl (C=O) groups is 1. The first-order valence-corrected chi connectivity index (χ1v) is 7.38. The van der Waals surface area contributed by atoms with E-state index < -0.39 is 11.7 Å². The smallest absolute Gasteiger partial charge is 0.325 e. The number of thioether (sulfide) groups is 1. The highest BCUT2D eigenvalue weighted by molar-refractivity contribution is 7.99. The van der Waals surface area contributed by atoms with Gasteiger partial charge in [-0.2, -0.15) is 24.9 Å². The van der Waals surface area contributed by atoms with Gasteiger partial charge in [-0.3, -0.25) is 9.69 Å². The van der Waals surface area contributed by atoms with Gasteiger partial charge in [0.1, 0.15) is 0 Å². The number of alkyl halides is 3. The molecule has 3 nitrogen and oxygen atoms in total. The molecule has 1 aromatic carbocycles. The molecule has 7 heteroatoms. The van der Waals surface area contributed by atoms with E-state index in [-0.39, 0.29) is 18.1 Å². The molecule has 1 amide bonds. The third-order valence-electron chi connectivity index (χ3n) is 2.94. The normalized spacial score (nSPS) is 16.9.